The predicted molar refractivity (Wildman–Crippen MR) is 105 cm³/mol. The zero-order chi connectivity index (χ0) is 20.0. The van der Waals surface area contributed by atoms with Crippen LogP contribution in [0.3, 0.4) is 0 Å². The Kier molecular flexibility index (Phi) is 6.75. The summed E-state index contributed by atoms with van der Waals surface area (Å²) in [6.45, 7) is 5.71. The van der Waals surface area contributed by atoms with Crippen LogP contribution in [0.15, 0.2) is 23.4 Å². The summed E-state index contributed by atoms with van der Waals surface area (Å²) in [6.07, 6.45) is 1.86. The van der Waals surface area contributed by atoms with E-state index in [0.717, 1.165) is 5.56 Å². The van der Waals surface area contributed by atoms with Gasteiger partial charge in [0.15, 0.2) is 0 Å². The van der Waals surface area contributed by atoms with Gasteiger partial charge in [0.2, 0.25) is 5.91 Å². The van der Waals surface area contributed by atoms with Crippen molar-refractivity contribution >= 4 is 29.3 Å². The molecular formula is C19H20N6OS. The number of nitrogens with two attached hydrogens (primary N) is 1. The first-order valence-electron chi connectivity index (χ1n) is 8.36. The topological polar surface area (TPSA) is 128 Å². The fraction of sp³-hybridized carbons (Fsp3) is 0.316. The maximum absolute atomic E-state index is 12.1. The van der Waals surface area contributed by atoms with Crippen molar-refractivity contribution in [2.45, 2.75) is 38.1 Å². The van der Waals surface area contributed by atoms with E-state index < -0.39 is 0 Å². The molecule has 0 saturated carbocycles. The quantitative estimate of drug-likeness (QED) is 0.735. The van der Waals surface area contributed by atoms with Crippen LogP contribution in [0, 0.1) is 29.6 Å². The summed E-state index contributed by atoms with van der Waals surface area (Å²) in [6, 6.07) is 7.80. The van der Waals surface area contributed by atoms with Gasteiger partial charge in [-0.3, -0.25) is 4.79 Å². The highest BCUT2D eigenvalue weighted by atomic mass is 32.2. The van der Waals surface area contributed by atoms with Crippen molar-refractivity contribution in [3.63, 3.8) is 0 Å². The van der Waals surface area contributed by atoms with Crippen molar-refractivity contribution in [1.29, 1.82) is 10.5 Å². The molecule has 0 bridgehead atoms. The average Bonchev–Trinajstić information content (AvgIpc) is 2.61. The number of nitriles is 2. The Labute approximate surface area is 162 Å². The zero-order valence-corrected chi connectivity index (χ0v) is 16.2. The number of carbonyl (C=O) groups is 1. The molecule has 0 aliphatic heterocycles. The largest absolute Gasteiger partial charge is 0.383 e. The molecule has 0 saturated heterocycles. The molecule has 3 N–H and O–H groups in total. The predicted octanol–water partition coefficient (Wildman–Crippen LogP) is 3.35. The number of nitrogens with one attached hydrogen (secondary N) is 1. The molecule has 2 rings (SSSR count). The van der Waals surface area contributed by atoms with E-state index in [9.17, 15) is 15.3 Å². The smallest absolute Gasteiger partial charge is 0.226 e. The number of hydrogen-bond acceptors (Lipinski definition) is 7. The lowest BCUT2D eigenvalue weighted by Crippen LogP contribution is -2.13. The van der Waals surface area contributed by atoms with Crippen molar-refractivity contribution in [3.8, 4) is 12.1 Å². The molecule has 0 aliphatic carbocycles. The number of nitrogens with zero attached hydrogens (tertiary/aromatic N) is 4. The van der Waals surface area contributed by atoms with Gasteiger partial charge in [0.05, 0.1) is 11.1 Å². The molecule has 2 aromatic rings. The maximum Gasteiger partial charge on any atom is 0.226 e. The molecule has 1 amide bonds. The number of carbonyl (C=O) groups excluding carboxylic acids is 1. The Morgan fingerprint density at radius 3 is 2.63 bits per heavy atom. The van der Waals surface area contributed by atoms with Gasteiger partial charge in [0.1, 0.15) is 28.8 Å². The van der Waals surface area contributed by atoms with Gasteiger partial charge in [-0.05, 0) is 36.1 Å². The number of thioether (sulfide) groups is 1. The fourth-order valence-corrected chi connectivity index (χ4v) is 3.50. The first kappa shape index (κ1) is 20.2. The molecule has 0 aromatic carbocycles. The van der Waals surface area contributed by atoms with Crippen molar-refractivity contribution in [2.24, 2.45) is 0 Å². The summed E-state index contributed by atoms with van der Waals surface area (Å²) in [5, 5.41) is 22.1. The van der Waals surface area contributed by atoms with Crippen molar-refractivity contribution in [1.82, 2.24) is 9.97 Å². The summed E-state index contributed by atoms with van der Waals surface area (Å²) >= 11 is 1.27. The number of amides is 1. The van der Waals surface area contributed by atoms with E-state index in [0.29, 0.717) is 27.7 Å². The fourth-order valence-electron chi connectivity index (χ4n) is 2.56. The van der Waals surface area contributed by atoms with E-state index in [1.54, 1.807) is 12.3 Å². The normalized spacial score (nSPS) is 10.3. The molecule has 138 valence electrons. The van der Waals surface area contributed by atoms with Crippen LogP contribution >= 0.6 is 11.8 Å². The summed E-state index contributed by atoms with van der Waals surface area (Å²) in [4.78, 5) is 20.4. The standard InChI is InChI=1S/C19H20N6OS/c1-11(2)17-13(9-20)18(22)25-19(14(17)10-21)27-7-5-16(26)24-15-8-12(3)4-6-23-15/h4,6,8,11H,5,7H2,1-3H3,(H2,22,25)(H,23,24,26). The van der Waals surface area contributed by atoms with Crippen LogP contribution in [0.1, 0.15) is 48.4 Å². The molecule has 0 spiro atoms. The van der Waals surface area contributed by atoms with Crippen LogP contribution < -0.4 is 11.1 Å². The third-order valence-electron chi connectivity index (χ3n) is 3.78. The minimum atomic E-state index is -0.176. The highest BCUT2D eigenvalue weighted by molar-refractivity contribution is 7.99. The molecule has 2 aromatic heterocycles. The third-order valence-corrected chi connectivity index (χ3v) is 4.76. The molecule has 0 fully saturated rings. The number of nitrogen functional groups attached to an aromatic ring is 1. The maximum atomic E-state index is 12.1. The lowest BCUT2D eigenvalue weighted by atomic mass is 9.94. The second-order valence-corrected chi connectivity index (χ2v) is 7.29. The van der Waals surface area contributed by atoms with Crippen LogP contribution in [-0.4, -0.2) is 21.6 Å². The highest BCUT2D eigenvalue weighted by Crippen LogP contribution is 2.33. The van der Waals surface area contributed by atoms with Crippen LogP contribution in [0.2, 0.25) is 0 Å². The van der Waals surface area contributed by atoms with Gasteiger partial charge in [-0.1, -0.05) is 13.8 Å². The second-order valence-electron chi connectivity index (χ2n) is 6.21. The third kappa shape index (κ3) is 4.96. The number of aromatic nitrogens is 2. The van der Waals surface area contributed by atoms with Crippen LogP contribution in [0.25, 0.3) is 0 Å². The molecule has 0 aliphatic rings. The molecule has 0 atom stereocenters. The van der Waals surface area contributed by atoms with Gasteiger partial charge in [-0.15, -0.1) is 11.8 Å². The molecule has 0 radical (unpaired) electrons. The van der Waals surface area contributed by atoms with Gasteiger partial charge in [0.25, 0.3) is 0 Å². The first-order chi connectivity index (χ1) is 12.9. The number of aryl methyl sites for hydroxylation is 1. The Morgan fingerprint density at radius 2 is 2.04 bits per heavy atom. The summed E-state index contributed by atoms with van der Waals surface area (Å²) < 4.78 is 0. The highest BCUT2D eigenvalue weighted by Gasteiger charge is 2.21. The number of pyridine rings is 2. The summed E-state index contributed by atoms with van der Waals surface area (Å²) in [7, 11) is 0. The average molecular weight is 380 g/mol. The SMILES string of the molecule is Cc1ccnc(NC(=O)CCSc2nc(N)c(C#N)c(C(C)C)c2C#N)c1. The monoisotopic (exact) mass is 380 g/mol. The lowest BCUT2D eigenvalue weighted by Gasteiger charge is -2.15. The van der Waals surface area contributed by atoms with Crippen LogP contribution in [0.4, 0.5) is 11.6 Å². The van der Waals surface area contributed by atoms with E-state index in [2.05, 4.69) is 21.4 Å². The van der Waals surface area contributed by atoms with Crippen LogP contribution in [0.5, 0.6) is 0 Å². The van der Waals surface area contributed by atoms with Crippen molar-refractivity contribution in [2.75, 3.05) is 16.8 Å². The molecular weight excluding hydrogens is 360 g/mol. The van der Waals surface area contributed by atoms with Gasteiger partial charge >= 0.3 is 0 Å². The van der Waals surface area contributed by atoms with E-state index in [-0.39, 0.29) is 29.6 Å². The van der Waals surface area contributed by atoms with Crippen molar-refractivity contribution in [3.05, 3.63) is 40.6 Å². The minimum absolute atomic E-state index is 0.0466. The molecule has 8 heteroatoms. The summed E-state index contributed by atoms with van der Waals surface area (Å²) in [5.41, 5.74) is 8.10. The zero-order valence-electron chi connectivity index (χ0n) is 15.4. The Morgan fingerprint density at radius 1 is 1.33 bits per heavy atom. The Bertz CT molecular complexity index is 942. The van der Waals surface area contributed by atoms with Gasteiger partial charge in [-0.2, -0.15) is 10.5 Å². The molecule has 7 nitrogen and oxygen atoms in total. The van der Waals surface area contributed by atoms with E-state index >= 15 is 0 Å². The van der Waals surface area contributed by atoms with Crippen molar-refractivity contribution < 1.29 is 4.79 Å². The van der Waals surface area contributed by atoms with Gasteiger partial charge < -0.3 is 11.1 Å². The Hall–Kier alpha value is -3.10. The van der Waals surface area contributed by atoms with E-state index in [4.69, 9.17) is 5.73 Å². The Balaban J connectivity index is 2.11. The number of rotatable bonds is 6. The number of hydrogen-bond donors (Lipinski definition) is 2. The van der Waals surface area contributed by atoms with E-state index in [1.807, 2.05) is 32.9 Å². The molecule has 27 heavy (non-hydrogen) atoms. The number of anilines is 2. The second kappa shape index (κ2) is 9.02. The van der Waals surface area contributed by atoms with Crippen LogP contribution in [-0.2, 0) is 4.79 Å². The van der Waals surface area contributed by atoms with Gasteiger partial charge in [0, 0.05) is 18.4 Å². The molecule has 0 unspecified atom stereocenters. The van der Waals surface area contributed by atoms with Gasteiger partial charge in [-0.25, -0.2) is 9.97 Å². The molecule has 2 heterocycles. The minimum Gasteiger partial charge on any atom is -0.383 e. The lowest BCUT2D eigenvalue weighted by molar-refractivity contribution is -0.115. The summed E-state index contributed by atoms with van der Waals surface area (Å²) in [5.74, 6) is 0.809. The van der Waals surface area contributed by atoms with E-state index in [1.165, 1.54) is 11.8 Å². The first-order valence-corrected chi connectivity index (χ1v) is 9.34.